The Balaban J connectivity index is 1.10. The zero-order chi connectivity index (χ0) is 21.2. The Morgan fingerprint density at radius 1 is 1.06 bits per heavy atom. The third-order valence-electron chi connectivity index (χ3n) is 6.58. The van der Waals surface area contributed by atoms with Gasteiger partial charge in [-0.15, -0.1) is 0 Å². The van der Waals surface area contributed by atoms with E-state index in [9.17, 15) is 4.79 Å². The number of para-hydroxylation sites is 1. The van der Waals surface area contributed by atoms with Crippen LogP contribution in [0.1, 0.15) is 39.9 Å². The van der Waals surface area contributed by atoms with Gasteiger partial charge in [-0.3, -0.25) is 9.69 Å². The van der Waals surface area contributed by atoms with Gasteiger partial charge in [0, 0.05) is 44.8 Å². The molecule has 31 heavy (non-hydrogen) atoms. The lowest BCUT2D eigenvalue weighted by Crippen LogP contribution is -2.48. The molecular formula is C25H30N4OS. The van der Waals surface area contributed by atoms with Crippen molar-refractivity contribution in [3.05, 3.63) is 58.7 Å². The molecule has 0 bridgehead atoms. The number of nitrogens with zero attached hydrogens (tertiary/aromatic N) is 3. The molecule has 1 fully saturated rings. The van der Waals surface area contributed by atoms with Crippen LogP contribution in [0, 0.1) is 6.92 Å². The van der Waals surface area contributed by atoms with E-state index in [2.05, 4.69) is 52.4 Å². The topological polar surface area (TPSA) is 48.5 Å². The van der Waals surface area contributed by atoms with Crippen LogP contribution in [0.5, 0.6) is 0 Å². The molecule has 1 saturated heterocycles. The normalized spacial score (nSPS) is 17.0. The molecule has 0 unspecified atom stereocenters. The Labute approximate surface area is 188 Å². The van der Waals surface area contributed by atoms with Gasteiger partial charge >= 0.3 is 0 Å². The minimum atomic E-state index is 0.0526. The lowest BCUT2D eigenvalue weighted by molar-refractivity contribution is 0.0947. The van der Waals surface area contributed by atoms with Crippen LogP contribution in [0.4, 0.5) is 5.13 Å². The summed E-state index contributed by atoms with van der Waals surface area (Å²) in [5, 5.41) is 4.24. The van der Waals surface area contributed by atoms with Crippen LogP contribution < -0.4 is 10.2 Å². The number of benzene rings is 2. The van der Waals surface area contributed by atoms with E-state index in [0.29, 0.717) is 6.54 Å². The monoisotopic (exact) mass is 434 g/mol. The zero-order valence-electron chi connectivity index (χ0n) is 18.2. The Hall–Kier alpha value is -2.44. The van der Waals surface area contributed by atoms with Gasteiger partial charge in [-0.25, -0.2) is 4.98 Å². The number of rotatable bonds is 5. The van der Waals surface area contributed by atoms with Crippen molar-refractivity contribution in [1.82, 2.24) is 15.2 Å². The number of thiazole rings is 1. The van der Waals surface area contributed by atoms with Gasteiger partial charge < -0.3 is 10.2 Å². The zero-order valence-corrected chi connectivity index (χ0v) is 19.0. The molecule has 0 atom stereocenters. The summed E-state index contributed by atoms with van der Waals surface area (Å²) in [6.45, 7) is 7.69. The van der Waals surface area contributed by atoms with Crippen molar-refractivity contribution in [3.8, 4) is 0 Å². The summed E-state index contributed by atoms with van der Waals surface area (Å²) in [7, 11) is 0. The number of nitrogens with one attached hydrogen (secondary N) is 1. The standard InChI is InChI=1S/C25H30N4OS/c1-18-5-4-8-22-23(18)27-25(31-22)29-15-13-28(14-16-29)12-11-26-24(30)21-10-9-19-6-2-3-7-20(19)17-21/h4-5,8-10,17H,2-3,6-7,11-16H2,1H3,(H,26,30). The van der Waals surface area contributed by atoms with Crippen molar-refractivity contribution < 1.29 is 4.79 Å². The number of aromatic nitrogens is 1. The SMILES string of the molecule is Cc1cccc2sc(N3CCN(CCNC(=O)c4ccc5c(c4)CCCC5)CC3)nc12. The number of hydrogen-bond donors (Lipinski definition) is 1. The Kier molecular flexibility index (Phi) is 5.92. The van der Waals surface area contributed by atoms with Gasteiger partial charge in [0.1, 0.15) is 0 Å². The molecular weight excluding hydrogens is 404 g/mol. The van der Waals surface area contributed by atoms with E-state index in [4.69, 9.17) is 4.98 Å². The van der Waals surface area contributed by atoms with E-state index in [-0.39, 0.29) is 5.91 Å². The Bertz CT molecular complexity index is 1080. The second kappa shape index (κ2) is 8.97. The maximum absolute atomic E-state index is 12.6. The lowest BCUT2D eigenvalue weighted by Gasteiger charge is -2.34. The predicted octanol–water partition coefficient (Wildman–Crippen LogP) is 4.04. The number of aryl methyl sites for hydroxylation is 3. The molecule has 6 heteroatoms. The van der Waals surface area contributed by atoms with E-state index >= 15 is 0 Å². The molecule has 1 N–H and O–H groups in total. The fourth-order valence-corrected chi connectivity index (χ4v) is 5.77. The van der Waals surface area contributed by atoms with Crippen LogP contribution in [0.25, 0.3) is 10.2 Å². The van der Waals surface area contributed by atoms with Crippen molar-refractivity contribution in [2.45, 2.75) is 32.6 Å². The lowest BCUT2D eigenvalue weighted by atomic mass is 9.90. The van der Waals surface area contributed by atoms with E-state index in [1.807, 2.05) is 6.07 Å². The molecule has 162 valence electrons. The fourth-order valence-electron chi connectivity index (χ4n) is 4.68. The van der Waals surface area contributed by atoms with Gasteiger partial charge in [-0.05, 0) is 67.5 Å². The Morgan fingerprint density at radius 3 is 2.68 bits per heavy atom. The average molecular weight is 435 g/mol. The van der Waals surface area contributed by atoms with Gasteiger partial charge in [-0.1, -0.05) is 29.5 Å². The van der Waals surface area contributed by atoms with Crippen LogP contribution >= 0.6 is 11.3 Å². The summed E-state index contributed by atoms with van der Waals surface area (Å²) in [6, 6.07) is 12.6. The van der Waals surface area contributed by atoms with Gasteiger partial charge in [-0.2, -0.15) is 0 Å². The smallest absolute Gasteiger partial charge is 0.251 e. The quantitative estimate of drug-likeness (QED) is 0.659. The van der Waals surface area contributed by atoms with Crippen LogP contribution in [0.3, 0.4) is 0 Å². The maximum Gasteiger partial charge on any atom is 0.251 e. The fraction of sp³-hybridized carbons (Fsp3) is 0.440. The second-order valence-electron chi connectivity index (χ2n) is 8.69. The summed E-state index contributed by atoms with van der Waals surface area (Å²) < 4.78 is 1.27. The minimum Gasteiger partial charge on any atom is -0.351 e. The summed E-state index contributed by atoms with van der Waals surface area (Å²) in [5.74, 6) is 0.0526. The van der Waals surface area contributed by atoms with E-state index in [1.54, 1.807) is 11.3 Å². The van der Waals surface area contributed by atoms with Crippen molar-refractivity contribution in [3.63, 3.8) is 0 Å². The summed E-state index contributed by atoms with van der Waals surface area (Å²) in [6.07, 6.45) is 4.76. The van der Waals surface area contributed by atoms with Gasteiger partial charge in [0.05, 0.1) is 10.2 Å². The van der Waals surface area contributed by atoms with E-state index in [1.165, 1.54) is 34.2 Å². The highest BCUT2D eigenvalue weighted by molar-refractivity contribution is 7.22. The number of carbonyl (C=O) groups excluding carboxylic acids is 1. The first kappa shape index (κ1) is 20.5. The van der Waals surface area contributed by atoms with Crippen LogP contribution in [-0.2, 0) is 12.8 Å². The van der Waals surface area contributed by atoms with E-state index < -0.39 is 0 Å². The first-order valence-electron chi connectivity index (χ1n) is 11.4. The second-order valence-corrected chi connectivity index (χ2v) is 9.70. The number of piperazine rings is 1. The summed E-state index contributed by atoms with van der Waals surface area (Å²) in [5.41, 5.74) is 5.96. The third kappa shape index (κ3) is 4.46. The molecule has 1 aliphatic heterocycles. The number of fused-ring (bicyclic) bond motifs is 2. The highest BCUT2D eigenvalue weighted by atomic mass is 32.1. The first-order chi connectivity index (χ1) is 15.2. The molecule has 2 heterocycles. The molecule has 3 aromatic rings. The van der Waals surface area contributed by atoms with Crippen LogP contribution in [0.2, 0.25) is 0 Å². The molecule has 2 aliphatic rings. The molecule has 5 rings (SSSR count). The van der Waals surface area contributed by atoms with Gasteiger partial charge in [0.25, 0.3) is 5.91 Å². The number of hydrogen-bond acceptors (Lipinski definition) is 5. The molecule has 5 nitrogen and oxygen atoms in total. The summed E-state index contributed by atoms with van der Waals surface area (Å²) >= 11 is 1.79. The predicted molar refractivity (Wildman–Crippen MR) is 128 cm³/mol. The molecule has 1 aliphatic carbocycles. The van der Waals surface area contributed by atoms with Crippen molar-refractivity contribution in [2.75, 3.05) is 44.2 Å². The van der Waals surface area contributed by atoms with Crippen molar-refractivity contribution in [1.29, 1.82) is 0 Å². The minimum absolute atomic E-state index is 0.0526. The molecule has 1 aromatic heterocycles. The van der Waals surface area contributed by atoms with E-state index in [0.717, 1.165) is 61.8 Å². The largest absolute Gasteiger partial charge is 0.351 e. The average Bonchev–Trinajstić information content (AvgIpc) is 3.25. The maximum atomic E-state index is 12.6. The van der Waals surface area contributed by atoms with Crippen LogP contribution in [0.15, 0.2) is 36.4 Å². The molecule has 1 amide bonds. The number of anilines is 1. The van der Waals surface area contributed by atoms with Crippen molar-refractivity contribution >= 4 is 32.6 Å². The Morgan fingerprint density at radius 2 is 1.87 bits per heavy atom. The highest BCUT2D eigenvalue weighted by Crippen LogP contribution is 2.31. The number of carbonyl (C=O) groups is 1. The molecule has 0 radical (unpaired) electrons. The van der Waals surface area contributed by atoms with Gasteiger partial charge in [0.15, 0.2) is 5.13 Å². The third-order valence-corrected chi connectivity index (χ3v) is 7.66. The first-order valence-corrected chi connectivity index (χ1v) is 12.2. The highest BCUT2D eigenvalue weighted by Gasteiger charge is 2.20. The van der Waals surface area contributed by atoms with Crippen molar-refractivity contribution in [2.24, 2.45) is 0 Å². The summed E-state index contributed by atoms with van der Waals surface area (Å²) in [4.78, 5) is 22.3. The number of amides is 1. The van der Waals surface area contributed by atoms with Crippen LogP contribution in [-0.4, -0.2) is 55.1 Å². The molecule has 2 aromatic carbocycles. The molecule has 0 spiro atoms. The molecule has 0 saturated carbocycles. The van der Waals surface area contributed by atoms with Gasteiger partial charge in [0.2, 0.25) is 0 Å².